The van der Waals surface area contributed by atoms with Gasteiger partial charge < -0.3 is 25.6 Å². The molecule has 0 aliphatic carbocycles. The van der Waals surface area contributed by atoms with E-state index in [1.165, 1.54) is 10.9 Å². The number of aliphatic hydroxyl groups excluding tert-OH is 2. The maximum absolute atomic E-state index is 12.3. The van der Waals surface area contributed by atoms with E-state index in [0.717, 1.165) is 11.8 Å². The SMILES string of the molecule is Nc1nc2c(ncn2[C@@H]2O[C@H](COP(=O)(O)SCC(=O)Sc3ccccc3)[C@@H](O)[C@H]2O)c(=O)[nH]1. The molecule has 1 fully saturated rings. The molecule has 182 valence electrons. The molecule has 2 aromatic heterocycles. The molecule has 13 nitrogen and oxygen atoms in total. The summed E-state index contributed by atoms with van der Waals surface area (Å²) in [6.07, 6.45) is -4.17. The third kappa shape index (κ3) is 5.53. The summed E-state index contributed by atoms with van der Waals surface area (Å²) in [4.78, 5) is 45.0. The summed E-state index contributed by atoms with van der Waals surface area (Å²) in [6.45, 7) is -4.81. The minimum absolute atomic E-state index is 0.0249. The predicted molar refractivity (Wildman–Crippen MR) is 124 cm³/mol. The highest BCUT2D eigenvalue weighted by atomic mass is 32.7. The molecule has 0 radical (unpaired) electrons. The number of nitrogens with zero attached hydrogens (tertiary/aromatic N) is 3. The Morgan fingerprint density at radius 2 is 2.03 bits per heavy atom. The van der Waals surface area contributed by atoms with Crippen molar-refractivity contribution in [1.82, 2.24) is 19.5 Å². The van der Waals surface area contributed by atoms with Crippen LogP contribution in [-0.2, 0) is 18.6 Å². The summed E-state index contributed by atoms with van der Waals surface area (Å²) in [5, 5.41) is 20.4. The number of rotatable bonds is 8. The van der Waals surface area contributed by atoms with Crippen LogP contribution in [0.5, 0.6) is 0 Å². The van der Waals surface area contributed by atoms with Crippen molar-refractivity contribution < 1.29 is 33.7 Å². The van der Waals surface area contributed by atoms with E-state index in [4.69, 9.17) is 15.0 Å². The number of benzene rings is 1. The number of carbonyl (C=O) groups is 1. The first-order valence-corrected chi connectivity index (χ1v) is 13.7. The Balaban J connectivity index is 1.36. The number of fused-ring (bicyclic) bond motifs is 1. The number of ether oxygens (including phenoxy) is 1. The maximum atomic E-state index is 12.3. The largest absolute Gasteiger partial charge is 0.387 e. The zero-order chi connectivity index (χ0) is 24.5. The van der Waals surface area contributed by atoms with Gasteiger partial charge in [0.05, 0.1) is 18.7 Å². The van der Waals surface area contributed by atoms with Gasteiger partial charge in [-0.05, 0) is 23.5 Å². The third-order valence-electron chi connectivity index (χ3n) is 4.78. The molecule has 3 heterocycles. The van der Waals surface area contributed by atoms with Gasteiger partial charge in [0, 0.05) is 4.90 Å². The first-order chi connectivity index (χ1) is 16.1. The van der Waals surface area contributed by atoms with Crippen LogP contribution < -0.4 is 11.3 Å². The number of nitrogen functional groups attached to an aromatic ring is 1. The molecular formula is C18H20N5O8PS2. The Labute approximate surface area is 200 Å². The molecule has 5 atom stereocenters. The van der Waals surface area contributed by atoms with E-state index in [2.05, 4.69) is 15.0 Å². The summed E-state index contributed by atoms with van der Waals surface area (Å²) >= 11 is 1.37. The average Bonchev–Trinajstić information content (AvgIpc) is 3.33. The lowest BCUT2D eigenvalue weighted by Crippen LogP contribution is -2.33. The minimum Gasteiger partial charge on any atom is -0.387 e. The molecule has 1 aliphatic rings. The molecule has 1 saturated heterocycles. The van der Waals surface area contributed by atoms with Gasteiger partial charge in [-0.15, -0.1) is 0 Å². The van der Waals surface area contributed by atoms with Gasteiger partial charge in [-0.2, -0.15) is 4.98 Å². The lowest BCUT2D eigenvalue weighted by molar-refractivity contribution is -0.108. The molecule has 1 aliphatic heterocycles. The van der Waals surface area contributed by atoms with E-state index in [0.29, 0.717) is 16.3 Å². The van der Waals surface area contributed by atoms with Crippen LogP contribution >= 0.6 is 29.9 Å². The molecule has 0 saturated carbocycles. The average molecular weight is 529 g/mol. The number of carbonyl (C=O) groups excluding carboxylic acids is 1. The summed E-state index contributed by atoms with van der Waals surface area (Å²) in [5.41, 5.74) is 4.95. The lowest BCUT2D eigenvalue weighted by Gasteiger charge is -2.17. The second-order valence-electron chi connectivity index (χ2n) is 7.15. The first-order valence-electron chi connectivity index (χ1n) is 9.76. The van der Waals surface area contributed by atoms with Crippen LogP contribution in [0.3, 0.4) is 0 Å². The summed E-state index contributed by atoms with van der Waals surface area (Å²) < 4.78 is 24.2. The van der Waals surface area contributed by atoms with E-state index in [1.54, 1.807) is 30.3 Å². The van der Waals surface area contributed by atoms with E-state index < -0.39 is 43.5 Å². The molecule has 0 spiro atoms. The zero-order valence-corrected chi connectivity index (χ0v) is 19.8. The molecule has 0 bridgehead atoms. The highest BCUT2D eigenvalue weighted by Gasteiger charge is 2.45. The monoisotopic (exact) mass is 529 g/mol. The van der Waals surface area contributed by atoms with Gasteiger partial charge in [-0.25, -0.2) is 9.55 Å². The molecule has 1 unspecified atom stereocenters. The summed E-state index contributed by atoms with van der Waals surface area (Å²) in [6, 6.07) is 8.83. The number of imidazole rings is 1. The maximum Gasteiger partial charge on any atom is 0.387 e. The Kier molecular flexibility index (Phi) is 7.45. The van der Waals surface area contributed by atoms with Crippen LogP contribution in [0, 0.1) is 0 Å². The quantitative estimate of drug-likeness (QED) is 0.199. The van der Waals surface area contributed by atoms with Crippen molar-refractivity contribution in [1.29, 1.82) is 0 Å². The van der Waals surface area contributed by atoms with Gasteiger partial charge in [-0.1, -0.05) is 30.0 Å². The number of hydrogen-bond acceptors (Lipinski definition) is 12. The Morgan fingerprint density at radius 3 is 2.76 bits per heavy atom. The first kappa shape index (κ1) is 24.9. The molecule has 3 aromatic rings. The fraction of sp³-hybridized carbons (Fsp3) is 0.333. The summed E-state index contributed by atoms with van der Waals surface area (Å²) in [5.74, 6) is -0.458. The van der Waals surface area contributed by atoms with Crippen LogP contribution in [0.4, 0.5) is 5.95 Å². The molecule has 1 aromatic carbocycles. The fourth-order valence-corrected chi connectivity index (χ4v) is 6.37. The standard InChI is InChI=1S/C18H20N5O8PS2/c19-18-21-15-12(16(27)22-18)20-8-23(15)17-14(26)13(25)10(31-17)6-30-32(28,29)33-7-11(24)34-9-4-2-1-3-5-9/h1-5,8,10,13-14,17,25-26H,6-7H2,(H,28,29)(H3,19,21,22,27)/t10-,13-,14-,17-/m1/s1. The van der Waals surface area contributed by atoms with E-state index in [1.807, 2.05) is 0 Å². The lowest BCUT2D eigenvalue weighted by atomic mass is 10.1. The van der Waals surface area contributed by atoms with E-state index >= 15 is 0 Å². The van der Waals surface area contributed by atoms with Crippen molar-refractivity contribution in [3.8, 4) is 0 Å². The Bertz CT molecular complexity index is 1290. The Hall–Kier alpha value is -2.23. The second kappa shape index (κ2) is 10.2. The van der Waals surface area contributed by atoms with Crippen molar-refractivity contribution in [3.05, 3.63) is 47.0 Å². The topological polar surface area (TPSA) is 203 Å². The number of aromatic nitrogens is 4. The van der Waals surface area contributed by atoms with Crippen molar-refractivity contribution >= 4 is 52.2 Å². The molecule has 4 rings (SSSR count). The van der Waals surface area contributed by atoms with Crippen LogP contribution in [0.2, 0.25) is 0 Å². The molecule has 6 N–H and O–H groups in total. The van der Waals surface area contributed by atoms with Crippen LogP contribution in [0.1, 0.15) is 6.23 Å². The van der Waals surface area contributed by atoms with Gasteiger partial charge in [0.15, 0.2) is 17.4 Å². The van der Waals surface area contributed by atoms with E-state index in [-0.39, 0.29) is 28.0 Å². The number of thioether (sulfide) groups is 1. The third-order valence-corrected chi connectivity index (χ3v) is 8.72. The minimum atomic E-state index is -4.27. The van der Waals surface area contributed by atoms with Crippen LogP contribution in [0.15, 0.2) is 46.3 Å². The highest BCUT2D eigenvalue weighted by Crippen LogP contribution is 2.56. The Morgan fingerprint density at radius 1 is 1.29 bits per heavy atom. The number of anilines is 1. The number of nitrogens with two attached hydrogens (primary N) is 1. The number of aromatic amines is 1. The smallest absolute Gasteiger partial charge is 0.387 e. The number of aliphatic hydroxyl groups is 2. The zero-order valence-electron chi connectivity index (χ0n) is 17.3. The van der Waals surface area contributed by atoms with Crippen molar-refractivity contribution in [2.24, 2.45) is 0 Å². The highest BCUT2D eigenvalue weighted by molar-refractivity contribution is 8.55. The van der Waals surface area contributed by atoms with Crippen LogP contribution in [0.25, 0.3) is 11.2 Å². The second-order valence-corrected chi connectivity index (χ2v) is 12.2. The van der Waals surface area contributed by atoms with E-state index in [9.17, 15) is 29.3 Å². The van der Waals surface area contributed by atoms with Gasteiger partial charge >= 0.3 is 6.80 Å². The number of nitrogens with one attached hydrogen (secondary N) is 1. The normalized spacial score (nSPS) is 24.3. The molecular weight excluding hydrogens is 509 g/mol. The molecule has 0 amide bonds. The summed E-state index contributed by atoms with van der Waals surface area (Å²) in [7, 11) is 0. The van der Waals surface area contributed by atoms with Crippen molar-refractivity contribution in [2.75, 3.05) is 18.1 Å². The van der Waals surface area contributed by atoms with Gasteiger partial charge in [0.1, 0.15) is 18.3 Å². The fourth-order valence-electron chi connectivity index (χ4n) is 3.21. The number of H-pyrrole nitrogens is 1. The van der Waals surface area contributed by atoms with Crippen LogP contribution in [-0.4, -0.2) is 70.4 Å². The predicted octanol–water partition coefficient (Wildman–Crippen LogP) is 0.490. The molecule has 16 heteroatoms. The van der Waals surface area contributed by atoms with Crippen molar-refractivity contribution in [3.63, 3.8) is 0 Å². The van der Waals surface area contributed by atoms with Crippen molar-refractivity contribution in [2.45, 2.75) is 29.4 Å². The van der Waals surface area contributed by atoms with Gasteiger partial charge in [-0.3, -0.25) is 23.7 Å². The van der Waals surface area contributed by atoms with Gasteiger partial charge in [0.25, 0.3) is 5.56 Å². The van der Waals surface area contributed by atoms with Gasteiger partial charge in [0.2, 0.25) is 11.1 Å². The number of hydrogen-bond donors (Lipinski definition) is 5. The molecule has 34 heavy (non-hydrogen) atoms.